The van der Waals surface area contributed by atoms with Crippen molar-refractivity contribution in [2.75, 3.05) is 12.8 Å². The summed E-state index contributed by atoms with van der Waals surface area (Å²) in [5.41, 5.74) is 6.37. The van der Waals surface area contributed by atoms with Gasteiger partial charge in [0.2, 0.25) is 0 Å². The van der Waals surface area contributed by atoms with Gasteiger partial charge < -0.3 is 15.2 Å². The first-order chi connectivity index (χ1) is 7.79. The van der Waals surface area contributed by atoms with Crippen LogP contribution in [0.25, 0.3) is 0 Å². The van der Waals surface area contributed by atoms with E-state index in [1.165, 1.54) is 4.88 Å². The van der Waals surface area contributed by atoms with Gasteiger partial charge in [-0.05, 0) is 23.6 Å². The molecule has 1 aromatic heterocycles. The fourth-order valence-electron chi connectivity index (χ4n) is 1.35. The highest BCUT2D eigenvalue weighted by Crippen LogP contribution is 2.26. The normalized spacial score (nSPS) is 10.1. The van der Waals surface area contributed by atoms with Crippen LogP contribution in [0.1, 0.15) is 4.88 Å². The highest BCUT2D eigenvalue weighted by molar-refractivity contribution is 7.09. The number of nitrogen functional groups attached to an aromatic ring is 1. The number of benzene rings is 1. The summed E-state index contributed by atoms with van der Waals surface area (Å²) >= 11 is 1.67. The third kappa shape index (κ3) is 2.46. The molecular formula is C12H13NO2S. The van der Waals surface area contributed by atoms with E-state index in [1.54, 1.807) is 30.6 Å². The molecule has 1 heterocycles. The maximum Gasteiger partial charge on any atom is 0.142 e. The number of hydrogen-bond donors (Lipinski definition) is 1. The number of anilines is 1. The minimum absolute atomic E-state index is 0.573. The molecular weight excluding hydrogens is 222 g/mol. The van der Waals surface area contributed by atoms with E-state index in [0.29, 0.717) is 18.0 Å². The average molecular weight is 235 g/mol. The lowest BCUT2D eigenvalue weighted by Crippen LogP contribution is -1.96. The predicted octanol–water partition coefficient (Wildman–Crippen LogP) is 2.92. The van der Waals surface area contributed by atoms with Crippen molar-refractivity contribution in [1.29, 1.82) is 0 Å². The first kappa shape index (κ1) is 10.8. The molecule has 4 heteroatoms. The Morgan fingerprint density at radius 1 is 1.31 bits per heavy atom. The standard InChI is InChI=1S/C12H13NO2S/c1-14-12-5-4-9(7-11(12)13)15-8-10-3-2-6-16-10/h2-7H,8,13H2,1H3. The fraction of sp³-hybridized carbons (Fsp3) is 0.167. The summed E-state index contributed by atoms with van der Waals surface area (Å²) in [6, 6.07) is 9.47. The summed E-state index contributed by atoms with van der Waals surface area (Å²) in [5, 5.41) is 2.03. The molecule has 0 saturated heterocycles. The molecule has 0 amide bonds. The lowest BCUT2D eigenvalue weighted by molar-refractivity contribution is 0.309. The minimum atomic E-state index is 0.573. The van der Waals surface area contributed by atoms with Gasteiger partial charge >= 0.3 is 0 Å². The molecule has 1 aromatic carbocycles. The van der Waals surface area contributed by atoms with Crippen LogP contribution in [0, 0.1) is 0 Å². The van der Waals surface area contributed by atoms with Gasteiger partial charge in [0.05, 0.1) is 12.8 Å². The zero-order valence-corrected chi connectivity index (χ0v) is 9.79. The predicted molar refractivity (Wildman–Crippen MR) is 66.1 cm³/mol. The topological polar surface area (TPSA) is 44.5 Å². The van der Waals surface area contributed by atoms with Crippen LogP contribution in [0.2, 0.25) is 0 Å². The van der Waals surface area contributed by atoms with E-state index in [2.05, 4.69) is 0 Å². The Bertz CT molecular complexity index is 454. The van der Waals surface area contributed by atoms with Gasteiger partial charge in [-0.1, -0.05) is 6.07 Å². The van der Waals surface area contributed by atoms with Gasteiger partial charge in [-0.2, -0.15) is 0 Å². The molecule has 0 atom stereocenters. The van der Waals surface area contributed by atoms with Crippen molar-refractivity contribution in [1.82, 2.24) is 0 Å². The molecule has 0 spiro atoms. The zero-order chi connectivity index (χ0) is 11.4. The molecule has 3 nitrogen and oxygen atoms in total. The molecule has 0 aliphatic rings. The highest BCUT2D eigenvalue weighted by Gasteiger charge is 2.02. The van der Waals surface area contributed by atoms with E-state index in [4.69, 9.17) is 15.2 Å². The summed E-state index contributed by atoms with van der Waals surface area (Å²) < 4.78 is 10.7. The largest absolute Gasteiger partial charge is 0.495 e. The van der Waals surface area contributed by atoms with Gasteiger partial charge in [-0.3, -0.25) is 0 Å². The van der Waals surface area contributed by atoms with Crippen molar-refractivity contribution in [3.8, 4) is 11.5 Å². The third-order valence-electron chi connectivity index (χ3n) is 2.16. The van der Waals surface area contributed by atoms with Crippen molar-refractivity contribution >= 4 is 17.0 Å². The Kier molecular flexibility index (Phi) is 3.31. The summed E-state index contributed by atoms with van der Waals surface area (Å²) in [5.74, 6) is 1.43. The van der Waals surface area contributed by atoms with Gasteiger partial charge in [0, 0.05) is 10.9 Å². The van der Waals surface area contributed by atoms with Crippen LogP contribution in [-0.4, -0.2) is 7.11 Å². The number of rotatable bonds is 4. The Hall–Kier alpha value is -1.68. The van der Waals surface area contributed by atoms with E-state index in [1.807, 2.05) is 23.6 Å². The zero-order valence-electron chi connectivity index (χ0n) is 8.97. The second-order valence-corrected chi connectivity index (χ2v) is 4.30. The second kappa shape index (κ2) is 4.90. The van der Waals surface area contributed by atoms with Crippen LogP contribution in [0.3, 0.4) is 0 Å². The fourth-order valence-corrected chi connectivity index (χ4v) is 1.97. The van der Waals surface area contributed by atoms with Crippen LogP contribution in [0.5, 0.6) is 11.5 Å². The average Bonchev–Trinajstić information content (AvgIpc) is 2.79. The lowest BCUT2D eigenvalue weighted by Gasteiger charge is -2.08. The first-order valence-corrected chi connectivity index (χ1v) is 5.76. The molecule has 0 aliphatic carbocycles. The summed E-state index contributed by atoms with van der Waals surface area (Å²) in [6.07, 6.45) is 0. The molecule has 0 aliphatic heterocycles. The first-order valence-electron chi connectivity index (χ1n) is 4.88. The molecule has 16 heavy (non-hydrogen) atoms. The molecule has 2 N–H and O–H groups in total. The molecule has 0 fully saturated rings. The van der Waals surface area contributed by atoms with Crippen LogP contribution in [-0.2, 0) is 6.61 Å². The van der Waals surface area contributed by atoms with Crippen molar-refractivity contribution in [2.45, 2.75) is 6.61 Å². The van der Waals surface area contributed by atoms with Crippen LogP contribution < -0.4 is 15.2 Å². The SMILES string of the molecule is COc1ccc(OCc2cccs2)cc1N. The van der Waals surface area contributed by atoms with E-state index < -0.39 is 0 Å². The van der Waals surface area contributed by atoms with Gasteiger partial charge in [-0.15, -0.1) is 11.3 Å². The van der Waals surface area contributed by atoms with Crippen molar-refractivity contribution in [2.24, 2.45) is 0 Å². The van der Waals surface area contributed by atoms with Crippen LogP contribution >= 0.6 is 11.3 Å². The number of ether oxygens (including phenoxy) is 2. The van der Waals surface area contributed by atoms with Crippen molar-refractivity contribution in [3.05, 3.63) is 40.6 Å². The van der Waals surface area contributed by atoms with Crippen LogP contribution in [0.4, 0.5) is 5.69 Å². The Morgan fingerprint density at radius 2 is 2.19 bits per heavy atom. The van der Waals surface area contributed by atoms with E-state index in [9.17, 15) is 0 Å². The second-order valence-electron chi connectivity index (χ2n) is 3.27. The van der Waals surface area contributed by atoms with E-state index >= 15 is 0 Å². The van der Waals surface area contributed by atoms with Crippen molar-refractivity contribution in [3.63, 3.8) is 0 Å². The molecule has 84 valence electrons. The smallest absolute Gasteiger partial charge is 0.142 e. The van der Waals surface area contributed by atoms with E-state index in [0.717, 1.165) is 5.75 Å². The molecule has 2 rings (SSSR count). The summed E-state index contributed by atoms with van der Waals surface area (Å²) in [6.45, 7) is 0.573. The lowest BCUT2D eigenvalue weighted by atomic mass is 10.3. The molecule has 0 saturated carbocycles. The molecule has 0 radical (unpaired) electrons. The third-order valence-corrected chi connectivity index (χ3v) is 3.01. The number of thiophene rings is 1. The summed E-state index contributed by atoms with van der Waals surface area (Å²) in [4.78, 5) is 1.19. The van der Waals surface area contributed by atoms with E-state index in [-0.39, 0.29) is 0 Å². The van der Waals surface area contributed by atoms with Crippen molar-refractivity contribution < 1.29 is 9.47 Å². The van der Waals surface area contributed by atoms with Gasteiger partial charge in [0.1, 0.15) is 18.1 Å². The molecule has 0 bridgehead atoms. The Morgan fingerprint density at radius 3 is 2.81 bits per heavy atom. The molecule has 2 aromatic rings. The maximum atomic E-state index is 5.78. The monoisotopic (exact) mass is 235 g/mol. The highest BCUT2D eigenvalue weighted by atomic mass is 32.1. The number of hydrogen-bond acceptors (Lipinski definition) is 4. The van der Waals surface area contributed by atoms with Gasteiger partial charge in [0.25, 0.3) is 0 Å². The Labute approximate surface area is 98.4 Å². The summed E-state index contributed by atoms with van der Waals surface area (Å²) in [7, 11) is 1.60. The number of methoxy groups -OCH3 is 1. The minimum Gasteiger partial charge on any atom is -0.495 e. The number of nitrogens with two attached hydrogens (primary N) is 1. The van der Waals surface area contributed by atoms with Gasteiger partial charge in [0.15, 0.2) is 0 Å². The Balaban J connectivity index is 2.02. The maximum absolute atomic E-state index is 5.78. The molecule has 0 unspecified atom stereocenters. The van der Waals surface area contributed by atoms with Gasteiger partial charge in [-0.25, -0.2) is 0 Å². The van der Waals surface area contributed by atoms with Crippen LogP contribution in [0.15, 0.2) is 35.7 Å². The quantitative estimate of drug-likeness (QED) is 0.829.